The fourth-order valence-electron chi connectivity index (χ4n) is 3.35. The van der Waals surface area contributed by atoms with Crippen LogP contribution >= 0.6 is 0 Å². The van der Waals surface area contributed by atoms with E-state index in [-0.39, 0.29) is 24.6 Å². The molecule has 0 aromatic heterocycles. The van der Waals surface area contributed by atoms with Gasteiger partial charge in [-0.1, -0.05) is 72.5 Å². The number of carbonyl (C=O) groups excluding carboxylic acids is 1. The average Bonchev–Trinajstić information content (AvgIpc) is 2.70. The van der Waals surface area contributed by atoms with Gasteiger partial charge >= 0.3 is 5.97 Å². The first-order valence-electron chi connectivity index (χ1n) is 12.9. The fourth-order valence-corrected chi connectivity index (χ4v) is 6.44. The second-order valence-electron chi connectivity index (χ2n) is 10.4. The van der Waals surface area contributed by atoms with Gasteiger partial charge in [0, 0.05) is 12.8 Å². The zero-order valence-corrected chi connectivity index (χ0v) is 25.5. The lowest BCUT2D eigenvalue weighted by Crippen LogP contribution is -2.31. The molecule has 1 radical (unpaired) electrons. The third kappa shape index (κ3) is 17.2. The SMILES string of the molecule is CCC[C@@H](CC#C/C(C)=C/CO[C@H](CC#C[Si](C)(C)C)CC(=O)OCC)O[Si](C(C)C)C(C)C. The number of hydrogen-bond acceptors (Lipinski definition) is 4. The highest BCUT2D eigenvalue weighted by atomic mass is 28.3. The molecule has 2 atom stereocenters. The Labute approximate surface area is 213 Å². The van der Waals surface area contributed by atoms with Crippen LogP contribution in [0.1, 0.15) is 80.6 Å². The second-order valence-corrected chi connectivity index (χ2v) is 18.5. The predicted molar refractivity (Wildman–Crippen MR) is 149 cm³/mol. The zero-order valence-electron chi connectivity index (χ0n) is 23.5. The molecule has 0 unspecified atom stereocenters. The van der Waals surface area contributed by atoms with Crippen molar-refractivity contribution in [1.82, 2.24) is 0 Å². The highest BCUT2D eigenvalue weighted by molar-refractivity contribution is 6.83. The topological polar surface area (TPSA) is 44.8 Å². The van der Waals surface area contributed by atoms with Crippen molar-refractivity contribution in [2.24, 2.45) is 0 Å². The Balaban J connectivity index is 4.98. The van der Waals surface area contributed by atoms with Crippen molar-refractivity contribution in [3.8, 4) is 23.3 Å². The van der Waals surface area contributed by atoms with Gasteiger partial charge in [0.15, 0.2) is 0 Å². The van der Waals surface area contributed by atoms with Crippen LogP contribution in [0, 0.1) is 23.3 Å². The van der Waals surface area contributed by atoms with E-state index in [1.54, 1.807) is 0 Å². The molecule has 0 fully saturated rings. The molecule has 0 amide bonds. The lowest BCUT2D eigenvalue weighted by atomic mass is 10.1. The lowest BCUT2D eigenvalue weighted by molar-refractivity contribution is -0.146. The van der Waals surface area contributed by atoms with Crippen LogP contribution in [0.5, 0.6) is 0 Å². The summed E-state index contributed by atoms with van der Waals surface area (Å²) in [4.78, 5) is 11.9. The van der Waals surface area contributed by atoms with Gasteiger partial charge in [-0.15, -0.1) is 11.5 Å². The van der Waals surface area contributed by atoms with Crippen molar-refractivity contribution in [2.45, 2.75) is 124 Å². The van der Waals surface area contributed by atoms with Gasteiger partial charge in [0.2, 0.25) is 9.04 Å². The minimum atomic E-state index is -1.45. The number of carbonyl (C=O) groups is 1. The molecular formula is C28H49O4Si2. The quantitative estimate of drug-likeness (QED) is 0.146. The molecule has 0 saturated carbocycles. The average molecular weight is 506 g/mol. The summed E-state index contributed by atoms with van der Waals surface area (Å²) in [7, 11) is -2.31. The van der Waals surface area contributed by atoms with Gasteiger partial charge in [0.25, 0.3) is 0 Å². The third-order valence-electron chi connectivity index (χ3n) is 4.88. The van der Waals surface area contributed by atoms with Crippen LogP contribution in [0.4, 0.5) is 0 Å². The van der Waals surface area contributed by atoms with E-state index in [1.807, 2.05) is 19.9 Å². The normalized spacial score (nSPS) is 13.9. The van der Waals surface area contributed by atoms with Gasteiger partial charge in [-0.05, 0) is 43.0 Å². The van der Waals surface area contributed by atoms with Crippen molar-refractivity contribution in [3.63, 3.8) is 0 Å². The molecule has 0 spiro atoms. The molecule has 0 aromatic carbocycles. The Morgan fingerprint density at radius 3 is 2.15 bits per heavy atom. The molecule has 0 N–H and O–H groups in total. The molecule has 4 nitrogen and oxygen atoms in total. The molecule has 0 aliphatic heterocycles. The standard InChI is InChI=1S/C28H49O4Si2/c1-11-15-26(32-33(23(3)4)24(5)6)17-13-16-25(7)19-20-31-27(22-28(29)30-12-2)18-14-21-34(8,9)10/h19,23-24,26-27H,11-12,15,17-18,20,22H2,1-10H3/b25-19+/t26-,27+/m0/s1. The van der Waals surface area contributed by atoms with Crippen molar-refractivity contribution in [1.29, 1.82) is 0 Å². The maximum atomic E-state index is 11.9. The molecule has 34 heavy (non-hydrogen) atoms. The van der Waals surface area contributed by atoms with E-state index < -0.39 is 17.1 Å². The van der Waals surface area contributed by atoms with E-state index in [1.165, 1.54) is 0 Å². The summed E-state index contributed by atoms with van der Waals surface area (Å²) in [5, 5.41) is 0. The molecule has 0 bridgehead atoms. The van der Waals surface area contributed by atoms with Crippen LogP contribution < -0.4 is 0 Å². The lowest BCUT2D eigenvalue weighted by Gasteiger charge is -2.27. The van der Waals surface area contributed by atoms with Crippen LogP contribution in [0.25, 0.3) is 0 Å². The molecule has 0 aliphatic rings. The van der Waals surface area contributed by atoms with E-state index in [4.69, 9.17) is 13.9 Å². The zero-order chi connectivity index (χ0) is 26.1. The first-order valence-corrected chi connectivity index (χ1v) is 17.9. The Hall–Kier alpha value is -1.32. The summed E-state index contributed by atoms with van der Waals surface area (Å²) in [6.07, 6.45) is 5.57. The first kappa shape index (κ1) is 32.7. The smallest absolute Gasteiger partial charge is 0.308 e. The fraction of sp³-hybridized carbons (Fsp3) is 0.750. The minimum absolute atomic E-state index is 0.208. The molecule has 0 saturated heterocycles. The van der Waals surface area contributed by atoms with Crippen LogP contribution in [0.2, 0.25) is 30.7 Å². The molecule has 0 aromatic rings. The first-order chi connectivity index (χ1) is 15.9. The maximum absolute atomic E-state index is 11.9. The molecule has 193 valence electrons. The summed E-state index contributed by atoms with van der Waals surface area (Å²) in [5.74, 6) is 9.54. The van der Waals surface area contributed by atoms with Crippen molar-refractivity contribution >= 4 is 23.1 Å². The number of esters is 1. The number of rotatable bonds is 14. The van der Waals surface area contributed by atoms with Crippen LogP contribution in [-0.2, 0) is 18.7 Å². The van der Waals surface area contributed by atoms with Gasteiger partial charge in [-0.3, -0.25) is 4.79 Å². The third-order valence-corrected chi connectivity index (χ3v) is 8.69. The van der Waals surface area contributed by atoms with Crippen LogP contribution in [0.15, 0.2) is 11.6 Å². The number of hydrogen-bond donors (Lipinski definition) is 0. The highest BCUT2D eigenvalue weighted by Gasteiger charge is 2.25. The van der Waals surface area contributed by atoms with Crippen LogP contribution in [-0.4, -0.2) is 48.5 Å². The maximum Gasteiger partial charge on any atom is 0.308 e. The molecule has 0 aliphatic carbocycles. The summed E-state index contributed by atoms with van der Waals surface area (Å²) in [5.41, 5.74) is 5.49. The Morgan fingerprint density at radius 2 is 1.62 bits per heavy atom. The van der Waals surface area contributed by atoms with Crippen molar-refractivity contribution in [2.75, 3.05) is 13.2 Å². The van der Waals surface area contributed by atoms with E-state index in [9.17, 15) is 4.79 Å². The van der Waals surface area contributed by atoms with Gasteiger partial charge in [-0.25, -0.2) is 0 Å². The Kier molecular flexibility index (Phi) is 17.3. The summed E-state index contributed by atoms with van der Waals surface area (Å²) in [6.45, 7) is 22.5. The van der Waals surface area contributed by atoms with Gasteiger partial charge in [0.1, 0.15) is 8.07 Å². The molecular weight excluding hydrogens is 456 g/mol. The van der Waals surface area contributed by atoms with E-state index in [0.29, 0.717) is 30.7 Å². The summed E-state index contributed by atoms with van der Waals surface area (Å²) >= 11 is 0. The van der Waals surface area contributed by atoms with Gasteiger partial charge in [0.05, 0.1) is 31.8 Å². The van der Waals surface area contributed by atoms with Crippen molar-refractivity contribution in [3.05, 3.63) is 11.6 Å². The van der Waals surface area contributed by atoms with Crippen molar-refractivity contribution < 1.29 is 18.7 Å². The molecule has 0 heterocycles. The molecule has 0 rings (SSSR count). The monoisotopic (exact) mass is 505 g/mol. The van der Waals surface area contributed by atoms with E-state index in [2.05, 4.69) is 77.6 Å². The number of ether oxygens (including phenoxy) is 2. The highest BCUT2D eigenvalue weighted by Crippen LogP contribution is 2.24. The summed E-state index contributed by atoms with van der Waals surface area (Å²) < 4.78 is 17.6. The van der Waals surface area contributed by atoms with Gasteiger partial charge in [-0.2, -0.15) is 0 Å². The Morgan fingerprint density at radius 1 is 1.00 bits per heavy atom. The predicted octanol–water partition coefficient (Wildman–Crippen LogP) is 6.93. The molecule has 6 heteroatoms. The van der Waals surface area contributed by atoms with Crippen LogP contribution in [0.3, 0.4) is 0 Å². The Bertz CT molecular complexity index is 721. The van der Waals surface area contributed by atoms with Gasteiger partial charge < -0.3 is 13.9 Å². The second kappa shape index (κ2) is 18.0. The van der Waals surface area contributed by atoms with E-state index >= 15 is 0 Å². The van der Waals surface area contributed by atoms with E-state index in [0.717, 1.165) is 24.8 Å². The minimum Gasteiger partial charge on any atom is -0.466 e. The largest absolute Gasteiger partial charge is 0.466 e. The number of allylic oxidation sites excluding steroid dienone is 1. The summed E-state index contributed by atoms with van der Waals surface area (Å²) in [6, 6.07) is 0.